The molecule has 1 aromatic carbocycles. The minimum atomic E-state index is -5.05. The van der Waals surface area contributed by atoms with Gasteiger partial charge in [-0.15, -0.1) is 0 Å². The maximum atomic E-state index is 11.2. The first-order chi connectivity index (χ1) is 14.7. The van der Waals surface area contributed by atoms with Crippen LogP contribution in [0.2, 0.25) is 0 Å². The molecule has 2 aromatic heterocycles. The standard InChI is InChI=1S/C19H21N3O.H4O7P2/c1-12-6-5-7-13(2)17(12)9-20-18-8-16(11-23)10-22-15(4)14(3)21-19(18)22;1-8(2,3)7-9(4,5)6/h5-8,10-11,20H,9H2,1-4H3;(H2,1,2,3)(H2,4,5,6). The molecule has 3 aromatic rings. The number of hydrogen-bond acceptors (Lipinski definition) is 6. The van der Waals surface area contributed by atoms with Crippen LogP contribution in [0.1, 0.15) is 38.4 Å². The Morgan fingerprint density at radius 2 is 1.62 bits per heavy atom. The number of aromatic nitrogens is 2. The van der Waals surface area contributed by atoms with Crippen LogP contribution in [0.15, 0.2) is 30.5 Å². The van der Waals surface area contributed by atoms with Gasteiger partial charge in [0.2, 0.25) is 0 Å². The van der Waals surface area contributed by atoms with Crippen LogP contribution < -0.4 is 5.32 Å². The smallest absolute Gasteiger partial charge is 0.378 e. The van der Waals surface area contributed by atoms with Crippen molar-refractivity contribution in [2.24, 2.45) is 0 Å². The van der Waals surface area contributed by atoms with Gasteiger partial charge in [-0.2, -0.15) is 4.31 Å². The molecule has 0 radical (unpaired) electrons. The summed E-state index contributed by atoms with van der Waals surface area (Å²) >= 11 is 0. The lowest BCUT2D eigenvalue weighted by Crippen LogP contribution is -2.06. The van der Waals surface area contributed by atoms with Crippen LogP contribution >= 0.6 is 15.6 Å². The van der Waals surface area contributed by atoms with Crippen LogP contribution in [0.4, 0.5) is 5.69 Å². The number of fused-ring (bicyclic) bond motifs is 1. The lowest BCUT2D eigenvalue weighted by Gasteiger charge is -2.13. The number of anilines is 1. The van der Waals surface area contributed by atoms with Crippen LogP contribution in [0, 0.1) is 27.7 Å². The van der Waals surface area contributed by atoms with E-state index in [1.807, 2.05) is 30.5 Å². The molecular weight excluding hydrogens is 460 g/mol. The number of aldehydes is 1. The van der Waals surface area contributed by atoms with Crippen molar-refractivity contribution in [3.63, 3.8) is 0 Å². The topological polar surface area (TPSA) is 171 Å². The predicted molar refractivity (Wildman–Crippen MR) is 118 cm³/mol. The molecule has 13 heteroatoms. The zero-order chi connectivity index (χ0) is 24.3. The Labute approximate surface area is 184 Å². The highest BCUT2D eigenvalue weighted by atomic mass is 31.3. The molecule has 0 amide bonds. The third-order valence-corrected chi connectivity index (χ3v) is 6.37. The Morgan fingerprint density at radius 3 is 2.09 bits per heavy atom. The van der Waals surface area contributed by atoms with Gasteiger partial charge < -0.3 is 29.3 Å². The number of hydrogen-bond donors (Lipinski definition) is 5. The Hall–Kier alpha value is -2.36. The number of aryl methyl sites for hydroxylation is 4. The molecular formula is C19H25N3O8P2. The predicted octanol–water partition coefficient (Wildman–Crippen LogP) is 3.18. The molecule has 0 aliphatic carbocycles. The minimum absolute atomic E-state index is 0.641. The molecule has 0 spiro atoms. The van der Waals surface area contributed by atoms with E-state index in [4.69, 9.17) is 19.6 Å². The molecule has 0 atom stereocenters. The minimum Gasteiger partial charge on any atom is -0.378 e. The number of benzene rings is 1. The van der Waals surface area contributed by atoms with E-state index in [0.29, 0.717) is 12.1 Å². The van der Waals surface area contributed by atoms with Crippen LogP contribution in [-0.2, 0) is 20.0 Å². The monoisotopic (exact) mass is 485 g/mol. The van der Waals surface area contributed by atoms with Crippen molar-refractivity contribution in [3.8, 4) is 0 Å². The number of carbonyl (C=O) groups excluding carboxylic acids is 1. The number of nitrogens with zero attached hydrogens (tertiary/aromatic N) is 2. The average Bonchev–Trinajstić information content (AvgIpc) is 2.93. The maximum Gasteiger partial charge on any atom is 0.478 e. The number of phosphoric acid groups is 2. The summed E-state index contributed by atoms with van der Waals surface area (Å²) in [5.41, 5.74) is 8.21. The Balaban J connectivity index is 0.000000344. The number of imidazole rings is 1. The fourth-order valence-corrected chi connectivity index (χ4v) is 4.15. The van der Waals surface area contributed by atoms with Gasteiger partial charge in [0.25, 0.3) is 0 Å². The summed E-state index contributed by atoms with van der Waals surface area (Å²) in [5.74, 6) is 0. The second kappa shape index (κ2) is 10.1. The number of nitrogens with one attached hydrogen (secondary N) is 1. The molecule has 0 saturated carbocycles. The first kappa shape index (κ1) is 25.9. The molecule has 32 heavy (non-hydrogen) atoms. The van der Waals surface area contributed by atoms with E-state index in [0.717, 1.165) is 29.0 Å². The zero-order valence-electron chi connectivity index (χ0n) is 17.9. The van der Waals surface area contributed by atoms with Gasteiger partial charge in [-0.05, 0) is 50.5 Å². The summed E-state index contributed by atoms with van der Waals surface area (Å²) in [5, 5.41) is 3.46. The van der Waals surface area contributed by atoms with Crippen LogP contribution in [0.3, 0.4) is 0 Å². The van der Waals surface area contributed by atoms with Crippen LogP contribution in [0.5, 0.6) is 0 Å². The van der Waals surface area contributed by atoms with Gasteiger partial charge in [0.05, 0.1) is 11.4 Å². The fourth-order valence-electron chi connectivity index (χ4n) is 3.04. The Bertz CT molecular complexity index is 1190. The van der Waals surface area contributed by atoms with Crippen molar-refractivity contribution in [1.82, 2.24) is 9.38 Å². The van der Waals surface area contributed by atoms with Crippen LogP contribution in [0.25, 0.3) is 5.65 Å². The second-order valence-electron chi connectivity index (χ2n) is 7.07. The maximum absolute atomic E-state index is 11.2. The molecule has 0 aliphatic rings. The molecule has 2 heterocycles. The SMILES string of the molecule is Cc1cccc(C)c1CNc1cc(C=O)cn2c(C)c(C)nc12.O=P(O)(O)OP(=O)(O)O. The van der Waals surface area contributed by atoms with Crippen molar-refractivity contribution < 1.29 is 37.8 Å². The van der Waals surface area contributed by atoms with E-state index in [-0.39, 0.29) is 0 Å². The lowest BCUT2D eigenvalue weighted by atomic mass is 10.0. The molecule has 174 valence electrons. The molecule has 5 N–H and O–H groups in total. The zero-order valence-corrected chi connectivity index (χ0v) is 19.7. The molecule has 0 aliphatic heterocycles. The Kier molecular flexibility index (Phi) is 8.14. The van der Waals surface area contributed by atoms with Gasteiger partial charge in [-0.3, -0.25) is 4.79 Å². The number of carbonyl (C=O) groups is 1. The molecule has 0 saturated heterocycles. The van der Waals surface area contributed by atoms with Crippen molar-refractivity contribution in [2.45, 2.75) is 34.2 Å². The highest BCUT2D eigenvalue weighted by Gasteiger charge is 2.27. The average molecular weight is 485 g/mol. The van der Waals surface area contributed by atoms with Crippen molar-refractivity contribution in [3.05, 3.63) is 64.1 Å². The highest BCUT2D eigenvalue weighted by Crippen LogP contribution is 2.53. The quantitative estimate of drug-likeness (QED) is 0.258. The fraction of sp³-hybridized carbons (Fsp3) is 0.263. The normalized spacial score (nSPS) is 11.8. The van der Waals surface area contributed by atoms with Gasteiger partial charge in [0, 0.05) is 24.0 Å². The molecule has 11 nitrogen and oxygen atoms in total. The lowest BCUT2D eigenvalue weighted by molar-refractivity contribution is 0.112. The summed E-state index contributed by atoms with van der Waals surface area (Å²) in [6.45, 7) is 8.94. The first-order valence-electron chi connectivity index (χ1n) is 9.27. The number of rotatable bonds is 6. The third-order valence-electron chi connectivity index (χ3n) is 4.67. The summed E-state index contributed by atoms with van der Waals surface area (Å²) in [6, 6.07) is 8.17. The summed E-state index contributed by atoms with van der Waals surface area (Å²) < 4.78 is 24.2. The number of pyridine rings is 1. The third kappa shape index (κ3) is 7.08. The van der Waals surface area contributed by atoms with E-state index >= 15 is 0 Å². The highest BCUT2D eigenvalue weighted by molar-refractivity contribution is 7.60. The second-order valence-corrected chi connectivity index (χ2v) is 9.68. The van der Waals surface area contributed by atoms with Crippen molar-refractivity contribution >= 4 is 33.3 Å². The largest absolute Gasteiger partial charge is 0.478 e. The summed E-state index contributed by atoms with van der Waals surface area (Å²) in [7, 11) is -10.1. The van der Waals surface area contributed by atoms with Gasteiger partial charge in [0.1, 0.15) is 0 Å². The first-order valence-corrected chi connectivity index (χ1v) is 12.3. The molecule has 3 rings (SSSR count). The van der Waals surface area contributed by atoms with E-state index in [1.54, 1.807) is 0 Å². The van der Waals surface area contributed by atoms with E-state index < -0.39 is 15.6 Å². The van der Waals surface area contributed by atoms with Gasteiger partial charge >= 0.3 is 15.6 Å². The summed E-state index contributed by atoms with van der Waals surface area (Å²) in [4.78, 5) is 46.9. The van der Waals surface area contributed by atoms with Gasteiger partial charge in [0.15, 0.2) is 11.9 Å². The summed E-state index contributed by atoms with van der Waals surface area (Å²) in [6.07, 6.45) is 2.71. The molecule has 0 fully saturated rings. The van der Waals surface area contributed by atoms with E-state index in [1.165, 1.54) is 16.7 Å². The van der Waals surface area contributed by atoms with Gasteiger partial charge in [-0.25, -0.2) is 14.1 Å². The molecule has 0 unspecified atom stereocenters. The van der Waals surface area contributed by atoms with Crippen molar-refractivity contribution in [1.29, 1.82) is 0 Å². The van der Waals surface area contributed by atoms with Crippen LogP contribution in [-0.4, -0.2) is 35.2 Å². The van der Waals surface area contributed by atoms with E-state index in [2.05, 4.69) is 46.7 Å². The van der Waals surface area contributed by atoms with E-state index in [9.17, 15) is 13.9 Å². The van der Waals surface area contributed by atoms with Crippen molar-refractivity contribution in [2.75, 3.05) is 5.32 Å². The molecule has 0 bridgehead atoms. The Morgan fingerprint density at radius 1 is 1.06 bits per heavy atom. The van der Waals surface area contributed by atoms with Gasteiger partial charge in [-0.1, -0.05) is 18.2 Å².